The predicted octanol–water partition coefficient (Wildman–Crippen LogP) is 6.31. The van der Waals surface area contributed by atoms with Crippen LogP contribution in [0.15, 0.2) is 0 Å². The first-order valence-corrected chi connectivity index (χ1v) is 7.63. The van der Waals surface area contributed by atoms with Crippen LogP contribution in [0.25, 0.3) is 0 Å². The van der Waals surface area contributed by atoms with E-state index in [1.54, 1.807) is 0 Å². The maximum atomic E-state index is 6.14. The molecule has 0 aliphatic carbocycles. The lowest BCUT2D eigenvalue weighted by molar-refractivity contribution is 0.522. The van der Waals surface area contributed by atoms with E-state index in [1.165, 1.54) is 64.2 Å². The van der Waals surface area contributed by atoms with E-state index in [2.05, 4.69) is 20.8 Å². The molecule has 0 aromatic rings. The van der Waals surface area contributed by atoms with E-state index in [0.29, 0.717) is 0 Å². The number of rotatable bonds is 11. The number of unbranched alkanes of at least 4 members (excludes halogenated alkanes) is 9. The summed E-state index contributed by atoms with van der Waals surface area (Å²) in [6.07, 6.45) is 15.2. The molecule has 0 N–H and O–H groups in total. The van der Waals surface area contributed by atoms with Gasteiger partial charge in [0.15, 0.2) is 0 Å². The summed E-state index contributed by atoms with van der Waals surface area (Å²) in [4.78, 5) is 0.0140. The van der Waals surface area contributed by atoms with Crippen LogP contribution in [0.5, 0.6) is 0 Å². The second kappa shape index (κ2) is 10.4. The van der Waals surface area contributed by atoms with Gasteiger partial charge in [-0.25, -0.2) is 0 Å². The topological polar surface area (TPSA) is 0 Å². The van der Waals surface area contributed by atoms with Crippen molar-refractivity contribution in [2.24, 2.45) is 0 Å². The van der Waals surface area contributed by atoms with Crippen LogP contribution in [-0.4, -0.2) is 4.87 Å². The first-order valence-electron chi connectivity index (χ1n) is 7.25. The van der Waals surface area contributed by atoms with Gasteiger partial charge in [-0.15, -0.1) is 11.6 Å². The van der Waals surface area contributed by atoms with Crippen molar-refractivity contribution in [3.05, 3.63) is 0 Å². The minimum Gasteiger partial charge on any atom is -0.120 e. The summed E-state index contributed by atoms with van der Waals surface area (Å²) in [7, 11) is 0. The highest BCUT2D eigenvalue weighted by Crippen LogP contribution is 2.21. The molecule has 0 unspecified atom stereocenters. The normalized spacial score (nSPS) is 12.0. The molecule has 0 atom stereocenters. The molecule has 0 saturated heterocycles. The Morgan fingerprint density at radius 2 is 1.06 bits per heavy atom. The molecule has 98 valence electrons. The second-order valence-corrected chi connectivity index (χ2v) is 6.67. The molecule has 0 aliphatic heterocycles. The van der Waals surface area contributed by atoms with Crippen LogP contribution in [0, 0.1) is 0 Å². The monoisotopic (exact) mass is 246 g/mol. The molecule has 0 aromatic heterocycles. The van der Waals surface area contributed by atoms with Crippen LogP contribution in [-0.2, 0) is 0 Å². The molecule has 0 saturated carbocycles. The standard InChI is InChI=1S/C15H31Cl/c1-4-5-6-7-8-9-10-11-12-13-14-15(2,3)16/h4-14H2,1-3H3. The van der Waals surface area contributed by atoms with Crippen molar-refractivity contribution in [2.75, 3.05) is 0 Å². The Morgan fingerprint density at radius 3 is 1.44 bits per heavy atom. The number of halogens is 1. The summed E-state index contributed by atoms with van der Waals surface area (Å²) in [6, 6.07) is 0. The zero-order valence-corrected chi connectivity index (χ0v) is 12.4. The highest BCUT2D eigenvalue weighted by molar-refractivity contribution is 6.23. The molecule has 0 aromatic carbocycles. The molecular weight excluding hydrogens is 216 g/mol. The zero-order chi connectivity index (χ0) is 12.3. The quantitative estimate of drug-likeness (QED) is 0.296. The molecule has 0 spiro atoms. The van der Waals surface area contributed by atoms with E-state index in [9.17, 15) is 0 Å². The van der Waals surface area contributed by atoms with Crippen LogP contribution in [0.1, 0.15) is 91.4 Å². The Balaban J connectivity index is 2.99. The van der Waals surface area contributed by atoms with E-state index in [4.69, 9.17) is 11.6 Å². The third kappa shape index (κ3) is 14.3. The highest BCUT2D eigenvalue weighted by atomic mass is 35.5. The minimum absolute atomic E-state index is 0.0140. The van der Waals surface area contributed by atoms with Crippen molar-refractivity contribution >= 4 is 11.6 Å². The van der Waals surface area contributed by atoms with Gasteiger partial charge in [-0.1, -0.05) is 71.1 Å². The van der Waals surface area contributed by atoms with E-state index < -0.39 is 0 Å². The molecule has 0 nitrogen and oxygen atoms in total. The predicted molar refractivity (Wildman–Crippen MR) is 76.4 cm³/mol. The highest BCUT2D eigenvalue weighted by Gasteiger charge is 2.11. The van der Waals surface area contributed by atoms with E-state index >= 15 is 0 Å². The molecule has 16 heavy (non-hydrogen) atoms. The van der Waals surface area contributed by atoms with Gasteiger partial charge in [0.2, 0.25) is 0 Å². The molecular formula is C15H31Cl. The Labute approximate surface area is 108 Å². The molecule has 0 aliphatic rings. The Bertz CT molecular complexity index is 135. The Morgan fingerprint density at radius 1 is 0.688 bits per heavy atom. The maximum Gasteiger partial charge on any atom is 0.0390 e. The van der Waals surface area contributed by atoms with Crippen molar-refractivity contribution in [1.82, 2.24) is 0 Å². The molecule has 0 radical (unpaired) electrons. The van der Waals surface area contributed by atoms with E-state index in [-0.39, 0.29) is 4.87 Å². The van der Waals surface area contributed by atoms with Crippen molar-refractivity contribution in [3.8, 4) is 0 Å². The lowest BCUT2D eigenvalue weighted by Gasteiger charge is -2.14. The average Bonchev–Trinajstić information content (AvgIpc) is 2.19. The molecule has 0 amide bonds. The first kappa shape index (κ1) is 16.3. The van der Waals surface area contributed by atoms with Crippen LogP contribution >= 0.6 is 11.6 Å². The third-order valence-electron chi connectivity index (χ3n) is 3.12. The Kier molecular flexibility index (Phi) is 10.6. The zero-order valence-electron chi connectivity index (χ0n) is 11.7. The number of alkyl halides is 1. The third-order valence-corrected chi connectivity index (χ3v) is 3.31. The average molecular weight is 247 g/mol. The summed E-state index contributed by atoms with van der Waals surface area (Å²) in [6.45, 7) is 6.50. The summed E-state index contributed by atoms with van der Waals surface area (Å²) >= 11 is 6.14. The van der Waals surface area contributed by atoms with Gasteiger partial charge in [-0.2, -0.15) is 0 Å². The van der Waals surface area contributed by atoms with Gasteiger partial charge in [0.05, 0.1) is 0 Å². The van der Waals surface area contributed by atoms with Crippen LogP contribution < -0.4 is 0 Å². The van der Waals surface area contributed by atoms with Gasteiger partial charge in [-0.05, 0) is 20.3 Å². The number of hydrogen-bond donors (Lipinski definition) is 0. The SMILES string of the molecule is CCCCCCCCCCCCC(C)(C)Cl. The van der Waals surface area contributed by atoms with Gasteiger partial charge in [0, 0.05) is 4.87 Å². The van der Waals surface area contributed by atoms with Gasteiger partial charge < -0.3 is 0 Å². The fourth-order valence-corrected chi connectivity index (χ4v) is 2.17. The largest absolute Gasteiger partial charge is 0.120 e. The first-order chi connectivity index (χ1) is 7.56. The lowest BCUT2D eigenvalue weighted by Crippen LogP contribution is -2.08. The van der Waals surface area contributed by atoms with Crippen LogP contribution in [0.4, 0.5) is 0 Å². The van der Waals surface area contributed by atoms with Crippen molar-refractivity contribution in [3.63, 3.8) is 0 Å². The number of hydrogen-bond acceptors (Lipinski definition) is 0. The fourth-order valence-electron chi connectivity index (χ4n) is 2.03. The molecule has 0 heterocycles. The molecule has 1 heteroatoms. The van der Waals surface area contributed by atoms with Crippen molar-refractivity contribution in [2.45, 2.75) is 96.3 Å². The van der Waals surface area contributed by atoms with Crippen LogP contribution in [0.2, 0.25) is 0 Å². The van der Waals surface area contributed by atoms with Crippen molar-refractivity contribution < 1.29 is 0 Å². The summed E-state index contributed by atoms with van der Waals surface area (Å²) in [5, 5.41) is 0. The van der Waals surface area contributed by atoms with Crippen molar-refractivity contribution in [1.29, 1.82) is 0 Å². The molecule has 0 fully saturated rings. The fraction of sp³-hybridized carbons (Fsp3) is 1.00. The summed E-state index contributed by atoms with van der Waals surface area (Å²) in [5.74, 6) is 0. The van der Waals surface area contributed by atoms with Gasteiger partial charge in [0.1, 0.15) is 0 Å². The van der Waals surface area contributed by atoms with Gasteiger partial charge >= 0.3 is 0 Å². The smallest absolute Gasteiger partial charge is 0.0390 e. The minimum atomic E-state index is 0.0140. The second-order valence-electron chi connectivity index (χ2n) is 5.65. The molecule has 0 bridgehead atoms. The summed E-state index contributed by atoms with van der Waals surface area (Å²) in [5.41, 5.74) is 0. The van der Waals surface area contributed by atoms with Crippen LogP contribution in [0.3, 0.4) is 0 Å². The molecule has 0 rings (SSSR count). The van der Waals surface area contributed by atoms with E-state index in [1.807, 2.05) is 0 Å². The Hall–Kier alpha value is 0.290. The van der Waals surface area contributed by atoms with Gasteiger partial charge in [0.25, 0.3) is 0 Å². The maximum absolute atomic E-state index is 6.14. The lowest BCUT2D eigenvalue weighted by atomic mass is 10.0. The van der Waals surface area contributed by atoms with Gasteiger partial charge in [-0.3, -0.25) is 0 Å². The summed E-state index contributed by atoms with van der Waals surface area (Å²) < 4.78 is 0. The van der Waals surface area contributed by atoms with E-state index in [0.717, 1.165) is 6.42 Å².